The SMILES string of the molecule is CC#N.CC#N.Cc1ccc(-c2nc(SSc3ncc(C)c(-c4ccc(C)cc4)n3)ncc2C)cc1.Cc1ccc(-c2nc(SSc3ncc(C)c(-c4ccc(C)cc4)n3)ncc2C)cc1.[Cu+].[Cu+].[Cu+].[Cu+].[I-].[I-].[I-].[I-]. The summed E-state index contributed by atoms with van der Waals surface area (Å²) in [6.45, 7) is 19.3. The van der Waals surface area contributed by atoms with Gasteiger partial charge in [-0.25, -0.2) is 39.9 Å². The van der Waals surface area contributed by atoms with E-state index in [4.69, 9.17) is 30.5 Å². The Labute approximate surface area is 563 Å². The van der Waals surface area contributed by atoms with Crippen LogP contribution in [0.4, 0.5) is 0 Å². The first kappa shape index (κ1) is 79.1. The Morgan fingerprint density at radius 3 is 0.608 bits per heavy atom. The number of nitriles is 2. The quantitative estimate of drug-likeness (QED) is 0.0854. The molecule has 0 unspecified atom stereocenters. The molecule has 4 aromatic carbocycles. The smallest absolute Gasteiger partial charge is 1.00 e. The minimum Gasteiger partial charge on any atom is -1.00 e. The summed E-state index contributed by atoms with van der Waals surface area (Å²) in [4.78, 5) is 37.0. The topological polar surface area (TPSA) is 151 Å². The predicted octanol–water partition coefficient (Wildman–Crippen LogP) is 2.33. The van der Waals surface area contributed by atoms with E-state index in [-0.39, 0.29) is 164 Å². The number of hydrogen-bond donors (Lipinski definition) is 0. The molecule has 0 atom stereocenters. The van der Waals surface area contributed by atoms with Gasteiger partial charge in [0.1, 0.15) is 0 Å². The van der Waals surface area contributed by atoms with Gasteiger partial charge in [0.2, 0.25) is 0 Å². The monoisotopic (exact) mass is 1700 g/mol. The van der Waals surface area contributed by atoms with Crippen molar-refractivity contribution in [3.8, 4) is 57.2 Å². The summed E-state index contributed by atoms with van der Waals surface area (Å²) in [6, 6.07) is 37.1. The molecule has 22 heteroatoms. The van der Waals surface area contributed by atoms with Crippen LogP contribution < -0.4 is 95.9 Å². The van der Waals surface area contributed by atoms with Gasteiger partial charge >= 0.3 is 68.3 Å². The molecule has 8 rings (SSSR count). The minimum absolute atomic E-state index is 0. The molecule has 0 bridgehead atoms. The fourth-order valence-electron chi connectivity index (χ4n) is 6.03. The van der Waals surface area contributed by atoms with E-state index in [0.29, 0.717) is 20.6 Å². The first-order valence-electron chi connectivity index (χ1n) is 20.8. The summed E-state index contributed by atoms with van der Waals surface area (Å²) in [5, 5.41) is 17.4. The van der Waals surface area contributed by atoms with Crippen molar-refractivity contribution in [2.45, 2.75) is 89.9 Å². The summed E-state index contributed by atoms with van der Waals surface area (Å²) in [7, 11) is 5.90. The number of benzene rings is 4. The summed E-state index contributed by atoms with van der Waals surface area (Å²) >= 11 is 0. The van der Waals surface area contributed by atoms with Crippen LogP contribution in [0.1, 0.15) is 58.4 Å². The second-order valence-corrected chi connectivity index (χ2v) is 19.1. The molecule has 0 amide bonds. The molecule has 10 nitrogen and oxygen atoms in total. The number of rotatable bonds is 10. The van der Waals surface area contributed by atoms with Gasteiger partial charge in [-0.3, -0.25) is 0 Å². The zero-order chi connectivity index (χ0) is 47.6. The van der Waals surface area contributed by atoms with Crippen LogP contribution in [-0.2, 0) is 68.3 Å². The Bertz CT molecular complexity index is 2580. The second-order valence-electron chi connectivity index (χ2n) is 15.0. The maximum absolute atomic E-state index is 7.32. The molecule has 0 fully saturated rings. The van der Waals surface area contributed by atoms with Gasteiger partial charge in [0, 0.05) is 60.9 Å². The summed E-state index contributed by atoms with van der Waals surface area (Å²) in [5.41, 5.74) is 17.4. The van der Waals surface area contributed by atoms with E-state index in [1.54, 1.807) is 12.1 Å². The van der Waals surface area contributed by atoms with Gasteiger partial charge in [-0.1, -0.05) is 119 Å². The van der Waals surface area contributed by atoms with E-state index < -0.39 is 0 Å². The molecular formula is C52H50Cu4I4N10S4. The average molecular weight is 1710 g/mol. The van der Waals surface area contributed by atoms with Crippen molar-refractivity contribution in [1.82, 2.24) is 39.9 Å². The van der Waals surface area contributed by atoms with Gasteiger partial charge in [0.15, 0.2) is 20.6 Å². The third-order valence-corrected chi connectivity index (χ3v) is 13.3. The van der Waals surface area contributed by atoms with Gasteiger partial charge < -0.3 is 95.9 Å². The van der Waals surface area contributed by atoms with Crippen LogP contribution in [-0.4, -0.2) is 39.9 Å². The Morgan fingerprint density at radius 1 is 0.311 bits per heavy atom. The fourth-order valence-corrected chi connectivity index (χ4v) is 9.08. The van der Waals surface area contributed by atoms with Crippen molar-refractivity contribution in [3.05, 3.63) is 166 Å². The molecule has 404 valence electrons. The zero-order valence-electron chi connectivity index (χ0n) is 41.4. The molecule has 0 aliphatic heterocycles. The Hall–Kier alpha value is -1.42. The Morgan fingerprint density at radius 2 is 0.459 bits per heavy atom. The molecule has 0 saturated heterocycles. The van der Waals surface area contributed by atoms with Crippen molar-refractivity contribution < 1.29 is 164 Å². The molecule has 0 saturated carbocycles. The first-order valence-corrected chi connectivity index (χ1v) is 25.1. The van der Waals surface area contributed by atoms with Crippen LogP contribution in [0.5, 0.6) is 0 Å². The molecule has 0 aliphatic carbocycles. The van der Waals surface area contributed by atoms with E-state index in [1.807, 2.05) is 52.5 Å². The number of aromatic nitrogens is 8. The number of hydrogen-bond acceptors (Lipinski definition) is 14. The average Bonchev–Trinajstić information content (AvgIpc) is 3.31. The van der Waals surface area contributed by atoms with Gasteiger partial charge in [0.25, 0.3) is 0 Å². The Balaban J connectivity index is -0.000000545. The van der Waals surface area contributed by atoms with Crippen LogP contribution in [0.2, 0.25) is 0 Å². The maximum atomic E-state index is 7.32. The van der Waals surface area contributed by atoms with Gasteiger partial charge in [-0.15, -0.1) is 0 Å². The van der Waals surface area contributed by atoms with Crippen LogP contribution in [0.25, 0.3) is 45.0 Å². The van der Waals surface area contributed by atoms with E-state index >= 15 is 0 Å². The standard InChI is InChI=1S/2C24H22N4S2.2C2H3N.4Cu.4HI/c2*1-15-5-9-19(10-6-15)21-17(3)13-25-23(27-21)29-30-24-26-14-18(4)22(28-24)20-11-7-16(2)8-12-20;2*1-2-3;;;;;;;;/h2*5-14H,1-4H3;2*1H3;;;;;4*1H/q;;;;4*+1;;;;/p-4. The van der Waals surface area contributed by atoms with Crippen molar-refractivity contribution >= 4 is 43.2 Å². The van der Waals surface area contributed by atoms with Crippen molar-refractivity contribution in [1.29, 1.82) is 10.5 Å². The van der Waals surface area contributed by atoms with Crippen molar-refractivity contribution in [2.75, 3.05) is 0 Å². The van der Waals surface area contributed by atoms with Crippen LogP contribution in [0.3, 0.4) is 0 Å². The fraction of sp³-hybridized carbons (Fsp3) is 0.192. The molecule has 0 N–H and O–H groups in total. The van der Waals surface area contributed by atoms with E-state index in [2.05, 4.69) is 145 Å². The molecular weight excluding hydrogens is 1650 g/mol. The minimum atomic E-state index is 0. The van der Waals surface area contributed by atoms with Crippen LogP contribution in [0, 0.1) is 78.1 Å². The molecule has 8 aromatic rings. The van der Waals surface area contributed by atoms with Crippen molar-refractivity contribution in [2.24, 2.45) is 0 Å². The first-order chi connectivity index (χ1) is 31.8. The zero-order valence-corrected chi connectivity index (χ0v) is 57.0. The molecule has 0 spiro atoms. The van der Waals surface area contributed by atoms with Gasteiger partial charge in [-0.2, -0.15) is 10.5 Å². The van der Waals surface area contributed by atoms with Crippen molar-refractivity contribution in [3.63, 3.8) is 0 Å². The normalized spacial score (nSPS) is 9.08. The number of halogens is 4. The third-order valence-electron chi connectivity index (χ3n) is 9.48. The third kappa shape index (κ3) is 25.1. The molecule has 0 aliphatic rings. The molecule has 74 heavy (non-hydrogen) atoms. The van der Waals surface area contributed by atoms with Crippen LogP contribution >= 0.6 is 43.2 Å². The molecule has 4 heterocycles. The summed E-state index contributed by atoms with van der Waals surface area (Å²) < 4.78 is 0. The molecule has 0 radical (unpaired) electrons. The number of aryl methyl sites for hydroxylation is 8. The largest absolute Gasteiger partial charge is 1.00 e. The van der Waals surface area contributed by atoms with E-state index in [9.17, 15) is 0 Å². The maximum Gasteiger partial charge on any atom is 1.00 e. The predicted molar refractivity (Wildman–Crippen MR) is 274 cm³/mol. The van der Waals surface area contributed by atoms with Gasteiger partial charge in [0.05, 0.1) is 34.9 Å². The Kier molecular flexibility index (Phi) is 44.4. The van der Waals surface area contributed by atoms with E-state index in [0.717, 1.165) is 67.3 Å². The number of nitrogens with zero attached hydrogens (tertiary/aromatic N) is 10. The van der Waals surface area contributed by atoms with E-state index in [1.165, 1.54) is 79.3 Å². The van der Waals surface area contributed by atoms with Gasteiger partial charge in [-0.05, 0) is 121 Å². The van der Waals surface area contributed by atoms with Crippen LogP contribution in [0.15, 0.2) is 142 Å². The molecule has 4 aromatic heterocycles. The summed E-state index contributed by atoms with van der Waals surface area (Å²) in [6.07, 6.45) is 7.50. The second kappa shape index (κ2) is 41.6. The summed E-state index contributed by atoms with van der Waals surface area (Å²) in [5.74, 6) is 0.